The SMILES string of the molecule is C[C@]1(F)[C@H](n2cnc3c2NC(N)NC3=O)O[C@](F)(COP(=O)(O)O)[C@H]1O. The van der Waals surface area contributed by atoms with Gasteiger partial charge in [-0.1, -0.05) is 0 Å². The molecule has 3 heterocycles. The van der Waals surface area contributed by atoms with E-state index in [1.807, 2.05) is 0 Å². The van der Waals surface area contributed by atoms with Crippen molar-refractivity contribution in [2.24, 2.45) is 5.73 Å². The zero-order chi connectivity index (χ0) is 19.5. The molecule has 0 spiro atoms. The summed E-state index contributed by atoms with van der Waals surface area (Å²) in [4.78, 5) is 33.0. The molecule has 1 fully saturated rings. The standard InChI is InChI=1S/C11H16F2N5O7P/c1-10(12)7(20)11(13,2-24-26(21,22)23)25-8(10)18-3-15-4-5(18)16-9(14)17-6(4)19/h3,7-9,16,20H,2,14H2,1H3,(H,17,19)(H2,21,22,23)/t7-,8+,9?,10+,11+/m0/s1. The van der Waals surface area contributed by atoms with Gasteiger partial charge >= 0.3 is 7.82 Å². The molecular formula is C11H16F2N5O7P. The molecule has 2 aliphatic rings. The number of carbonyl (C=O) groups is 1. The number of hydrogen-bond acceptors (Lipinski definition) is 8. The highest BCUT2D eigenvalue weighted by Crippen LogP contribution is 2.50. The number of aliphatic hydroxyl groups excluding tert-OH is 1. The number of alkyl halides is 2. The quantitative estimate of drug-likeness (QED) is 0.332. The van der Waals surface area contributed by atoms with Crippen LogP contribution in [0.15, 0.2) is 6.33 Å². The molecule has 2 aliphatic heterocycles. The van der Waals surface area contributed by atoms with Crippen LogP contribution in [0.2, 0.25) is 0 Å². The van der Waals surface area contributed by atoms with Gasteiger partial charge in [0.25, 0.3) is 11.8 Å². The van der Waals surface area contributed by atoms with Crippen molar-refractivity contribution >= 4 is 19.5 Å². The molecule has 0 bridgehead atoms. The topological polar surface area (TPSA) is 181 Å². The smallest absolute Gasteiger partial charge is 0.384 e. The monoisotopic (exact) mass is 399 g/mol. The fraction of sp³-hybridized carbons (Fsp3) is 0.636. The molecule has 0 radical (unpaired) electrons. The predicted octanol–water partition coefficient (Wildman–Crippen LogP) is -1.33. The number of phosphoric ester groups is 1. The summed E-state index contributed by atoms with van der Waals surface area (Å²) in [6, 6.07) is 0. The van der Waals surface area contributed by atoms with Gasteiger partial charge in [-0.3, -0.25) is 19.6 Å². The molecule has 7 N–H and O–H groups in total. The molecule has 26 heavy (non-hydrogen) atoms. The summed E-state index contributed by atoms with van der Waals surface area (Å²) in [5, 5.41) is 14.9. The molecule has 1 unspecified atom stereocenters. The van der Waals surface area contributed by atoms with Gasteiger partial charge in [-0.25, -0.2) is 18.3 Å². The number of nitrogens with two attached hydrogens (primary N) is 1. The minimum absolute atomic E-state index is 0.0810. The van der Waals surface area contributed by atoms with Gasteiger partial charge in [0.15, 0.2) is 30.0 Å². The van der Waals surface area contributed by atoms with E-state index in [2.05, 4.69) is 20.1 Å². The number of hydrogen-bond donors (Lipinski definition) is 6. The van der Waals surface area contributed by atoms with Gasteiger partial charge in [0.1, 0.15) is 12.4 Å². The first-order valence-electron chi connectivity index (χ1n) is 7.19. The van der Waals surface area contributed by atoms with E-state index in [4.69, 9.17) is 20.3 Å². The van der Waals surface area contributed by atoms with Crippen molar-refractivity contribution in [2.45, 2.75) is 37.1 Å². The molecule has 0 saturated carbocycles. The Labute approximate surface area is 144 Å². The summed E-state index contributed by atoms with van der Waals surface area (Å²) in [7, 11) is -5.10. The number of ether oxygens (including phenoxy) is 1. The summed E-state index contributed by atoms with van der Waals surface area (Å²) in [5.41, 5.74) is 2.62. The molecule has 1 amide bonds. The largest absolute Gasteiger partial charge is 0.469 e. The van der Waals surface area contributed by atoms with Crippen molar-refractivity contribution in [1.29, 1.82) is 0 Å². The third kappa shape index (κ3) is 3.09. The lowest BCUT2D eigenvalue weighted by atomic mass is 9.97. The van der Waals surface area contributed by atoms with Crippen molar-refractivity contribution < 1.29 is 42.3 Å². The summed E-state index contributed by atoms with van der Waals surface area (Å²) in [6.45, 7) is -0.616. The Kier molecular flexibility index (Phi) is 4.35. The molecule has 1 aromatic rings. The van der Waals surface area contributed by atoms with E-state index in [-0.39, 0.29) is 11.5 Å². The van der Waals surface area contributed by atoms with Gasteiger partial charge in [-0.05, 0) is 6.92 Å². The Morgan fingerprint density at radius 1 is 1.50 bits per heavy atom. The fourth-order valence-electron chi connectivity index (χ4n) is 2.78. The van der Waals surface area contributed by atoms with Crippen LogP contribution < -0.4 is 16.4 Å². The van der Waals surface area contributed by atoms with Crippen LogP contribution in [0, 0.1) is 0 Å². The second kappa shape index (κ2) is 5.92. The van der Waals surface area contributed by atoms with Crippen molar-refractivity contribution in [3.05, 3.63) is 12.0 Å². The van der Waals surface area contributed by atoms with Crippen LogP contribution in [-0.4, -0.2) is 60.9 Å². The van der Waals surface area contributed by atoms with Crippen molar-refractivity contribution in [3.63, 3.8) is 0 Å². The molecule has 15 heteroatoms. The summed E-state index contributed by atoms with van der Waals surface area (Å²) in [6.07, 6.45) is -4.36. The van der Waals surface area contributed by atoms with Crippen molar-refractivity contribution in [1.82, 2.24) is 14.9 Å². The number of nitrogens with zero attached hydrogens (tertiary/aromatic N) is 2. The first-order chi connectivity index (χ1) is 11.8. The average Bonchev–Trinajstić information content (AvgIpc) is 2.99. The molecule has 12 nitrogen and oxygen atoms in total. The number of carbonyl (C=O) groups excluding carboxylic acids is 1. The number of imidazole rings is 1. The maximum absolute atomic E-state index is 15.0. The molecule has 1 aromatic heterocycles. The predicted molar refractivity (Wildman–Crippen MR) is 78.8 cm³/mol. The molecule has 146 valence electrons. The number of anilines is 1. The van der Waals surface area contributed by atoms with Crippen LogP contribution in [0.4, 0.5) is 14.6 Å². The normalized spacial score (nSPS) is 37.2. The van der Waals surface area contributed by atoms with E-state index in [1.54, 1.807) is 0 Å². The number of aromatic nitrogens is 2. The molecule has 3 rings (SSSR count). The molecule has 0 aromatic carbocycles. The van der Waals surface area contributed by atoms with Crippen molar-refractivity contribution in [3.8, 4) is 0 Å². The number of phosphoric acid groups is 1. The number of fused-ring (bicyclic) bond motifs is 1. The number of aliphatic hydroxyl groups is 1. The van der Waals surface area contributed by atoms with E-state index in [0.717, 1.165) is 17.8 Å². The summed E-state index contributed by atoms with van der Waals surface area (Å²) in [5.74, 6) is -4.02. The van der Waals surface area contributed by atoms with Crippen LogP contribution in [0.3, 0.4) is 0 Å². The van der Waals surface area contributed by atoms with Gasteiger partial charge in [0, 0.05) is 0 Å². The lowest BCUT2D eigenvalue weighted by molar-refractivity contribution is -0.204. The zero-order valence-electron chi connectivity index (χ0n) is 13.2. The van der Waals surface area contributed by atoms with Crippen LogP contribution >= 0.6 is 7.82 Å². The summed E-state index contributed by atoms with van der Waals surface area (Å²) >= 11 is 0. The van der Waals surface area contributed by atoms with E-state index < -0.39 is 50.5 Å². The van der Waals surface area contributed by atoms with Gasteiger partial charge in [-0.15, -0.1) is 0 Å². The Balaban J connectivity index is 1.94. The van der Waals surface area contributed by atoms with Crippen LogP contribution in [0.25, 0.3) is 0 Å². The van der Waals surface area contributed by atoms with E-state index in [9.17, 15) is 18.9 Å². The zero-order valence-corrected chi connectivity index (χ0v) is 14.1. The summed E-state index contributed by atoms with van der Waals surface area (Å²) < 4.78 is 50.4. The van der Waals surface area contributed by atoms with Crippen LogP contribution in [0.1, 0.15) is 23.6 Å². The third-order valence-electron chi connectivity index (χ3n) is 4.00. The lowest BCUT2D eigenvalue weighted by Gasteiger charge is -2.28. The molecule has 0 aliphatic carbocycles. The highest BCUT2D eigenvalue weighted by atomic mass is 31.2. The number of rotatable bonds is 4. The highest BCUT2D eigenvalue weighted by Gasteiger charge is 2.65. The number of nitrogens with one attached hydrogen (secondary N) is 2. The Morgan fingerprint density at radius 3 is 2.77 bits per heavy atom. The number of amides is 1. The Morgan fingerprint density at radius 2 is 2.15 bits per heavy atom. The fourth-order valence-corrected chi connectivity index (χ4v) is 3.12. The maximum atomic E-state index is 15.0. The van der Waals surface area contributed by atoms with Gasteiger partial charge < -0.3 is 30.3 Å². The first kappa shape index (κ1) is 19.1. The minimum atomic E-state index is -5.10. The third-order valence-corrected chi connectivity index (χ3v) is 4.47. The first-order valence-corrected chi connectivity index (χ1v) is 8.72. The molecule has 1 saturated heterocycles. The van der Waals surface area contributed by atoms with Crippen LogP contribution in [0.5, 0.6) is 0 Å². The van der Waals surface area contributed by atoms with E-state index >= 15 is 4.39 Å². The van der Waals surface area contributed by atoms with Crippen LogP contribution in [-0.2, 0) is 13.8 Å². The number of halogens is 2. The van der Waals surface area contributed by atoms with E-state index in [0.29, 0.717) is 0 Å². The van der Waals surface area contributed by atoms with Gasteiger partial charge in [0.2, 0.25) is 0 Å². The lowest BCUT2D eigenvalue weighted by Crippen LogP contribution is -2.51. The molecular weight excluding hydrogens is 383 g/mol. The second-order valence-electron chi connectivity index (χ2n) is 6.02. The Bertz CT molecular complexity index is 785. The van der Waals surface area contributed by atoms with Crippen molar-refractivity contribution in [2.75, 3.05) is 11.9 Å². The highest BCUT2D eigenvalue weighted by molar-refractivity contribution is 7.46. The maximum Gasteiger partial charge on any atom is 0.469 e. The Hall–Kier alpha value is -1.67. The second-order valence-corrected chi connectivity index (χ2v) is 7.26. The minimum Gasteiger partial charge on any atom is -0.384 e. The van der Waals surface area contributed by atoms with E-state index in [1.165, 1.54) is 0 Å². The van der Waals surface area contributed by atoms with Gasteiger partial charge in [0.05, 0.1) is 6.33 Å². The molecule has 5 atom stereocenters. The average molecular weight is 399 g/mol. The van der Waals surface area contributed by atoms with Gasteiger partial charge in [-0.2, -0.15) is 0 Å².